The summed E-state index contributed by atoms with van der Waals surface area (Å²) in [6, 6.07) is 11.5. The molecule has 1 rings (SSSR count). The van der Waals surface area contributed by atoms with E-state index in [1.54, 1.807) is 0 Å². The second kappa shape index (κ2) is 9.46. The van der Waals surface area contributed by atoms with E-state index in [9.17, 15) is 0 Å². The molecule has 0 spiro atoms. The highest BCUT2D eigenvalue weighted by Crippen LogP contribution is 2.12. The van der Waals surface area contributed by atoms with Crippen molar-refractivity contribution in [2.75, 3.05) is 18.1 Å². The van der Waals surface area contributed by atoms with Crippen LogP contribution in [-0.2, 0) is 6.42 Å². The van der Waals surface area contributed by atoms with Gasteiger partial charge in [0, 0.05) is 11.8 Å². The van der Waals surface area contributed by atoms with Crippen molar-refractivity contribution in [3.63, 3.8) is 0 Å². The Bertz CT molecular complexity index is 297. The minimum Gasteiger partial charge on any atom is -0.313 e. The predicted octanol–water partition coefficient (Wildman–Crippen LogP) is 3.99. The Morgan fingerprint density at radius 3 is 2.44 bits per heavy atom. The molecule has 0 heterocycles. The Morgan fingerprint density at radius 1 is 1.11 bits per heavy atom. The highest BCUT2D eigenvalue weighted by molar-refractivity contribution is 7.99. The Labute approximate surface area is 117 Å². The highest BCUT2D eigenvalue weighted by atomic mass is 32.2. The number of thioether (sulfide) groups is 1. The van der Waals surface area contributed by atoms with E-state index >= 15 is 0 Å². The third kappa shape index (κ3) is 7.07. The van der Waals surface area contributed by atoms with Crippen LogP contribution in [0.4, 0.5) is 0 Å². The van der Waals surface area contributed by atoms with Crippen LogP contribution >= 0.6 is 11.8 Å². The van der Waals surface area contributed by atoms with Gasteiger partial charge in [-0.2, -0.15) is 11.8 Å². The van der Waals surface area contributed by atoms with Gasteiger partial charge in [-0.05, 0) is 36.6 Å². The third-order valence-corrected chi connectivity index (χ3v) is 4.43. The standard InChI is InChI=1S/C16H27NS/c1-4-17-16(13-18-12-14(2)3)11-10-15-8-6-5-7-9-15/h5-9,14,16-17H,4,10-13H2,1-3H3. The summed E-state index contributed by atoms with van der Waals surface area (Å²) in [5, 5.41) is 3.61. The molecule has 0 saturated carbocycles. The van der Waals surface area contributed by atoms with Gasteiger partial charge in [-0.25, -0.2) is 0 Å². The fraction of sp³-hybridized carbons (Fsp3) is 0.625. The molecule has 0 aliphatic rings. The Balaban J connectivity index is 2.28. The van der Waals surface area contributed by atoms with E-state index in [1.165, 1.54) is 29.9 Å². The summed E-state index contributed by atoms with van der Waals surface area (Å²) in [5.74, 6) is 3.30. The van der Waals surface area contributed by atoms with Crippen LogP contribution in [0.5, 0.6) is 0 Å². The maximum atomic E-state index is 3.61. The zero-order valence-electron chi connectivity index (χ0n) is 12.0. The molecular formula is C16H27NS. The van der Waals surface area contributed by atoms with Crippen molar-refractivity contribution in [3.05, 3.63) is 35.9 Å². The molecule has 2 heteroatoms. The summed E-state index contributed by atoms with van der Waals surface area (Å²) in [4.78, 5) is 0. The number of hydrogen-bond donors (Lipinski definition) is 1. The molecule has 102 valence electrons. The van der Waals surface area contributed by atoms with Gasteiger partial charge in [0.2, 0.25) is 0 Å². The van der Waals surface area contributed by atoms with Crippen LogP contribution in [0.15, 0.2) is 30.3 Å². The van der Waals surface area contributed by atoms with Gasteiger partial charge in [0.05, 0.1) is 0 Å². The van der Waals surface area contributed by atoms with Gasteiger partial charge >= 0.3 is 0 Å². The first-order valence-electron chi connectivity index (χ1n) is 7.07. The van der Waals surface area contributed by atoms with Crippen molar-refractivity contribution < 1.29 is 0 Å². The molecule has 0 fully saturated rings. The second-order valence-corrected chi connectivity index (χ2v) is 6.29. The summed E-state index contributed by atoms with van der Waals surface area (Å²) in [7, 11) is 0. The van der Waals surface area contributed by atoms with Gasteiger partial charge in [-0.3, -0.25) is 0 Å². The number of rotatable bonds is 9. The lowest BCUT2D eigenvalue weighted by molar-refractivity contribution is 0.537. The largest absolute Gasteiger partial charge is 0.313 e. The molecule has 0 radical (unpaired) electrons. The molecule has 1 aromatic carbocycles. The Hall–Kier alpha value is -0.470. The number of nitrogens with one attached hydrogen (secondary N) is 1. The second-order valence-electron chi connectivity index (χ2n) is 5.21. The molecule has 1 nitrogen and oxygen atoms in total. The van der Waals surface area contributed by atoms with E-state index in [0.717, 1.165) is 12.5 Å². The number of aryl methyl sites for hydroxylation is 1. The summed E-state index contributed by atoms with van der Waals surface area (Å²) < 4.78 is 0. The first-order chi connectivity index (χ1) is 8.72. The topological polar surface area (TPSA) is 12.0 Å². The molecule has 1 N–H and O–H groups in total. The van der Waals surface area contributed by atoms with Crippen molar-refractivity contribution in [2.24, 2.45) is 5.92 Å². The molecule has 1 atom stereocenters. The van der Waals surface area contributed by atoms with Gasteiger partial charge < -0.3 is 5.32 Å². The maximum absolute atomic E-state index is 3.61. The van der Waals surface area contributed by atoms with E-state index in [4.69, 9.17) is 0 Å². The van der Waals surface area contributed by atoms with Crippen LogP contribution < -0.4 is 5.32 Å². The smallest absolute Gasteiger partial charge is 0.0161 e. The van der Waals surface area contributed by atoms with Crippen molar-refractivity contribution in [1.29, 1.82) is 0 Å². The SMILES string of the molecule is CCNC(CCc1ccccc1)CSCC(C)C. The summed E-state index contributed by atoms with van der Waals surface area (Å²) in [6.07, 6.45) is 2.42. The van der Waals surface area contributed by atoms with E-state index in [1.807, 2.05) is 0 Å². The monoisotopic (exact) mass is 265 g/mol. The zero-order chi connectivity index (χ0) is 13.2. The van der Waals surface area contributed by atoms with Crippen molar-refractivity contribution in [1.82, 2.24) is 5.32 Å². The van der Waals surface area contributed by atoms with Crippen molar-refractivity contribution in [3.8, 4) is 0 Å². The molecule has 1 aromatic rings. The maximum Gasteiger partial charge on any atom is 0.0161 e. The average molecular weight is 265 g/mol. The molecule has 0 bridgehead atoms. The fourth-order valence-corrected chi connectivity index (χ4v) is 3.14. The lowest BCUT2D eigenvalue weighted by atomic mass is 10.1. The Morgan fingerprint density at radius 2 is 1.83 bits per heavy atom. The van der Waals surface area contributed by atoms with E-state index < -0.39 is 0 Å². The molecule has 0 saturated heterocycles. The molecular weight excluding hydrogens is 238 g/mol. The van der Waals surface area contributed by atoms with Gasteiger partial charge in [0.25, 0.3) is 0 Å². The van der Waals surface area contributed by atoms with Crippen molar-refractivity contribution in [2.45, 2.75) is 39.7 Å². The van der Waals surface area contributed by atoms with Gasteiger partial charge in [-0.1, -0.05) is 51.1 Å². The number of hydrogen-bond acceptors (Lipinski definition) is 2. The molecule has 0 amide bonds. The van der Waals surface area contributed by atoms with Crippen LogP contribution in [0.2, 0.25) is 0 Å². The summed E-state index contributed by atoms with van der Waals surface area (Å²) in [5.41, 5.74) is 1.45. The normalized spacial score (nSPS) is 12.9. The Kier molecular flexibility index (Phi) is 8.19. The number of benzene rings is 1. The third-order valence-electron chi connectivity index (χ3n) is 2.89. The fourth-order valence-electron chi connectivity index (χ4n) is 1.96. The highest BCUT2D eigenvalue weighted by Gasteiger charge is 2.08. The van der Waals surface area contributed by atoms with Crippen LogP contribution in [0.1, 0.15) is 32.8 Å². The predicted molar refractivity (Wildman–Crippen MR) is 84.4 cm³/mol. The summed E-state index contributed by atoms with van der Waals surface area (Å²) in [6.45, 7) is 7.85. The minimum absolute atomic E-state index is 0.652. The van der Waals surface area contributed by atoms with Gasteiger partial charge in [0.15, 0.2) is 0 Å². The van der Waals surface area contributed by atoms with Crippen molar-refractivity contribution >= 4 is 11.8 Å². The van der Waals surface area contributed by atoms with Crippen LogP contribution in [0.3, 0.4) is 0 Å². The van der Waals surface area contributed by atoms with Crippen LogP contribution in [0, 0.1) is 5.92 Å². The lowest BCUT2D eigenvalue weighted by Gasteiger charge is -2.18. The summed E-state index contributed by atoms with van der Waals surface area (Å²) >= 11 is 2.08. The minimum atomic E-state index is 0.652. The van der Waals surface area contributed by atoms with E-state index in [0.29, 0.717) is 6.04 Å². The van der Waals surface area contributed by atoms with E-state index in [2.05, 4.69) is 68.2 Å². The van der Waals surface area contributed by atoms with E-state index in [-0.39, 0.29) is 0 Å². The zero-order valence-corrected chi connectivity index (χ0v) is 12.8. The molecule has 18 heavy (non-hydrogen) atoms. The van der Waals surface area contributed by atoms with Gasteiger partial charge in [0.1, 0.15) is 0 Å². The molecule has 1 unspecified atom stereocenters. The average Bonchev–Trinajstić information content (AvgIpc) is 2.37. The molecule has 0 aliphatic carbocycles. The van der Waals surface area contributed by atoms with Crippen LogP contribution in [-0.4, -0.2) is 24.1 Å². The quantitative estimate of drug-likeness (QED) is 0.724. The van der Waals surface area contributed by atoms with Crippen LogP contribution in [0.25, 0.3) is 0 Å². The first kappa shape index (κ1) is 15.6. The molecule has 0 aromatic heterocycles. The van der Waals surface area contributed by atoms with Gasteiger partial charge in [-0.15, -0.1) is 0 Å². The molecule has 0 aliphatic heterocycles. The first-order valence-corrected chi connectivity index (χ1v) is 8.23. The lowest BCUT2D eigenvalue weighted by Crippen LogP contribution is -2.31.